The molecule has 2 aromatic carbocycles. The summed E-state index contributed by atoms with van der Waals surface area (Å²) in [7, 11) is 2.59. The van der Waals surface area contributed by atoms with Crippen LogP contribution in [0.1, 0.15) is 76.7 Å². The Hall–Kier alpha value is -3.92. The highest BCUT2D eigenvalue weighted by Crippen LogP contribution is 2.40. The molecule has 3 N–H and O–H groups in total. The number of rotatable bonds is 11. The summed E-state index contributed by atoms with van der Waals surface area (Å²) >= 11 is 0. The number of carbonyl (C=O) groups is 2. The Morgan fingerprint density at radius 3 is 2.09 bits per heavy atom. The van der Waals surface area contributed by atoms with E-state index in [1.54, 1.807) is 38.1 Å². The molecule has 242 valence electrons. The molecular weight excluding hydrogens is 572 g/mol. The molecule has 0 spiro atoms. The number of likely N-dealkylation sites (tertiary alicyclic amines) is 1. The predicted molar refractivity (Wildman–Crippen MR) is 175 cm³/mol. The van der Waals surface area contributed by atoms with Crippen LogP contribution in [-0.2, 0) is 19.1 Å². The Kier molecular flexibility index (Phi) is 10.4. The molecule has 0 radical (unpaired) electrons. The van der Waals surface area contributed by atoms with E-state index in [4.69, 9.17) is 9.47 Å². The van der Waals surface area contributed by atoms with E-state index in [2.05, 4.69) is 20.9 Å². The van der Waals surface area contributed by atoms with Crippen LogP contribution in [0.3, 0.4) is 0 Å². The first kappa shape index (κ1) is 32.5. The summed E-state index contributed by atoms with van der Waals surface area (Å²) in [5.41, 5.74) is 2.29. The molecule has 5 rings (SSSR count). The van der Waals surface area contributed by atoms with Gasteiger partial charge in [0.25, 0.3) is 10.9 Å². The molecule has 10 heteroatoms. The number of ether oxygens (including phenoxy) is 2. The number of anilines is 3. The number of nitrogens with zero attached hydrogens (tertiary/aromatic N) is 1. The Morgan fingerprint density at radius 1 is 0.867 bits per heavy atom. The lowest BCUT2D eigenvalue weighted by molar-refractivity contribution is -0.137. The van der Waals surface area contributed by atoms with Gasteiger partial charge >= 0.3 is 11.9 Å². The second kappa shape index (κ2) is 14.5. The van der Waals surface area contributed by atoms with Gasteiger partial charge in [0, 0.05) is 23.6 Å². The maximum absolute atomic E-state index is 12.9. The Balaban J connectivity index is 1.23. The normalized spacial score (nSPS) is 19.0. The van der Waals surface area contributed by atoms with E-state index in [0.717, 1.165) is 37.9 Å². The van der Waals surface area contributed by atoms with E-state index < -0.39 is 28.7 Å². The highest BCUT2D eigenvalue weighted by Gasteiger charge is 2.38. The van der Waals surface area contributed by atoms with E-state index in [9.17, 15) is 19.2 Å². The van der Waals surface area contributed by atoms with Crippen molar-refractivity contribution in [3.63, 3.8) is 0 Å². The first-order chi connectivity index (χ1) is 21.7. The third-order valence-corrected chi connectivity index (χ3v) is 9.87. The van der Waals surface area contributed by atoms with Gasteiger partial charge in [0.05, 0.1) is 31.3 Å². The van der Waals surface area contributed by atoms with E-state index in [1.807, 2.05) is 0 Å². The Bertz CT molecular complexity index is 1500. The molecule has 2 fully saturated rings. The van der Waals surface area contributed by atoms with E-state index >= 15 is 0 Å². The predicted octanol–water partition coefficient (Wildman–Crippen LogP) is 4.70. The van der Waals surface area contributed by atoms with Gasteiger partial charge in [0.15, 0.2) is 0 Å². The molecule has 1 aliphatic carbocycles. The van der Waals surface area contributed by atoms with Crippen LogP contribution >= 0.6 is 0 Å². The molecule has 45 heavy (non-hydrogen) atoms. The number of hydrogen-bond donors (Lipinski definition) is 3. The zero-order valence-electron chi connectivity index (χ0n) is 26.9. The van der Waals surface area contributed by atoms with Crippen LogP contribution in [-0.4, -0.2) is 57.2 Å². The third kappa shape index (κ3) is 7.01. The molecule has 0 bridgehead atoms. The van der Waals surface area contributed by atoms with E-state index in [1.165, 1.54) is 59.2 Å². The van der Waals surface area contributed by atoms with Crippen molar-refractivity contribution in [3.8, 4) is 0 Å². The van der Waals surface area contributed by atoms with Crippen molar-refractivity contribution in [3.05, 3.63) is 72.8 Å². The fourth-order valence-electron chi connectivity index (χ4n) is 7.48. The van der Waals surface area contributed by atoms with Crippen molar-refractivity contribution in [2.45, 2.75) is 71.1 Å². The van der Waals surface area contributed by atoms with Crippen molar-refractivity contribution in [2.75, 3.05) is 51.0 Å². The third-order valence-electron chi connectivity index (χ3n) is 9.87. The summed E-state index contributed by atoms with van der Waals surface area (Å²) in [5, 5.41) is 9.39. The lowest BCUT2D eigenvalue weighted by Gasteiger charge is -2.37. The van der Waals surface area contributed by atoms with Gasteiger partial charge in [-0.05, 0) is 82.3 Å². The van der Waals surface area contributed by atoms with Crippen LogP contribution in [0.25, 0.3) is 0 Å². The van der Waals surface area contributed by atoms with Crippen molar-refractivity contribution in [1.29, 1.82) is 0 Å². The highest BCUT2D eigenvalue weighted by atomic mass is 16.5. The first-order valence-corrected chi connectivity index (χ1v) is 16.2. The van der Waals surface area contributed by atoms with Crippen molar-refractivity contribution < 1.29 is 19.1 Å². The van der Waals surface area contributed by atoms with Crippen molar-refractivity contribution >= 4 is 29.0 Å². The number of hydrogen-bond acceptors (Lipinski definition) is 10. The molecule has 1 saturated heterocycles. The maximum Gasteiger partial charge on any atom is 0.336 e. The van der Waals surface area contributed by atoms with Crippen LogP contribution in [0.5, 0.6) is 0 Å². The molecular formula is C35H46N4O6. The largest absolute Gasteiger partial charge is 0.466 e. The van der Waals surface area contributed by atoms with Crippen LogP contribution in [0.2, 0.25) is 0 Å². The minimum absolute atomic E-state index is 0.218. The highest BCUT2D eigenvalue weighted by molar-refractivity contribution is 6.00. The maximum atomic E-state index is 12.9. The SMILES string of the molecule is COC(=O)C1=C(C)NC(C)=C(C(=O)OC)C1c1cccc(Nc2c(NCCCN3CCC(C4CCCCC4)CC3)c(=O)c2=O)c1. The summed E-state index contributed by atoms with van der Waals surface area (Å²) in [5.74, 6) is -0.0935. The molecule has 0 aromatic heterocycles. The summed E-state index contributed by atoms with van der Waals surface area (Å²) in [6.45, 7) is 7.34. The zero-order valence-corrected chi connectivity index (χ0v) is 26.9. The van der Waals surface area contributed by atoms with Crippen LogP contribution in [0.15, 0.2) is 56.4 Å². The number of piperidine rings is 1. The molecule has 2 aromatic rings. The summed E-state index contributed by atoms with van der Waals surface area (Å²) in [6, 6.07) is 7.10. The zero-order chi connectivity index (χ0) is 32.1. The number of esters is 2. The lowest BCUT2D eigenvalue weighted by atomic mass is 9.76. The summed E-state index contributed by atoms with van der Waals surface area (Å²) < 4.78 is 10.1. The van der Waals surface area contributed by atoms with Gasteiger partial charge in [-0.3, -0.25) is 9.59 Å². The molecule has 3 aliphatic rings. The quantitative estimate of drug-likeness (QED) is 0.185. The van der Waals surface area contributed by atoms with E-state index in [0.29, 0.717) is 34.9 Å². The Labute approximate surface area is 264 Å². The summed E-state index contributed by atoms with van der Waals surface area (Å²) in [4.78, 5) is 53.3. The molecule has 0 unspecified atom stereocenters. The number of dihydropyridines is 1. The number of allylic oxidation sites excluding steroid dienone is 2. The number of nitrogens with one attached hydrogen (secondary N) is 3. The fourth-order valence-corrected chi connectivity index (χ4v) is 7.48. The Morgan fingerprint density at radius 2 is 1.47 bits per heavy atom. The monoisotopic (exact) mass is 618 g/mol. The molecule has 2 heterocycles. The number of benzene rings is 1. The average Bonchev–Trinajstić information content (AvgIpc) is 3.07. The lowest BCUT2D eigenvalue weighted by Crippen LogP contribution is -2.38. The van der Waals surface area contributed by atoms with Crippen LogP contribution < -0.4 is 26.8 Å². The minimum Gasteiger partial charge on any atom is -0.466 e. The molecule has 0 atom stereocenters. The topological polar surface area (TPSA) is 126 Å². The fraction of sp³-hybridized carbons (Fsp3) is 0.543. The van der Waals surface area contributed by atoms with Gasteiger partial charge in [0.2, 0.25) is 0 Å². The first-order valence-electron chi connectivity index (χ1n) is 16.2. The average molecular weight is 619 g/mol. The van der Waals surface area contributed by atoms with Gasteiger partial charge in [0.1, 0.15) is 11.4 Å². The van der Waals surface area contributed by atoms with Gasteiger partial charge in [-0.2, -0.15) is 0 Å². The molecule has 10 nitrogen and oxygen atoms in total. The molecule has 2 aliphatic heterocycles. The minimum atomic E-state index is -0.758. The second-order valence-corrected chi connectivity index (χ2v) is 12.6. The standard InChI is InChI=1S/C35H46N4O6/c1-21-27(34(42)44-3)29(28(22(2)37-21)35(43)45-4)25-12-8-13-26(20-25)38-31-30(32(40)33(31)41)36-16-9-17-39-18-14-24(15-19-39)23-10-6-5-7-11-23/h8,12-13,20,23-24,29,36-38H,5-7,9-11,14-19H2,1-4H3. The van der Waals surface area contributed by atoms with Crippen LogP contribution in [0, 0.1) is 11.8 Å². The van der Waals surface area contributed by atoms with Crippen molar-refractivity contribution in [2.24, 2.45) is 11.8 Å². The number of methoxy groups -OCH3 is 2. The second-order valence-electron chi connectivity index (χ2n) is 12.6. The van der Waals surface area contributed by atoms with Gasteiger partial charge in [-0.15, -0.1) is 0 Å². The van der Waals surface area contributed by atoms with Crippen molar-refractivity contribution in [1.82, 2.24) is 10.2 Å². The van der Waals surface area contributed by atoms with Crippen LogP contribution in [0.4, 0.5) is 17.1 Å². The molecule has 0 amide bonds. The van der Waals surface area contributed by atoms with Gasteiger partial charge < -0.3 is 30.3 Å². The number of carbonyl (C=O) groups excluding carboxylic acids is 2. The van der Waals surface area contributed by atoms with Gasteiger partial charge in [-0.25, -0.2) is 9.59 Å². The smallest absolute Gasteiger partial charge is 0.336 e. The molecule has 1 saturated carbocycles. The van der Waals surface area contributed by atoms with Gasteiger partial charge in [-0.1, -0.05) is 44.2 Å². The van der Waals surface area contributed by atoms with E-state index in [-0.39, 0.29) is 16.8 Å². The summed E-state index contributed by atoms with van der Waals surface area (Å²) in [6.07, 6.45) is 10.5.